The van der Waals surface area contributed by atoms with Crippen molar-refractivity contribution < 1.29 is 0 Å². The van der Waals surface area contributed by atoms with Crippen molar-refractivity contribution in [2.24, 2.45) is 0 Å². The van der Waals surface area contributed by atoms with Gasteiger partial charge < -0.3 is 0 Å². The van der Waals surface area contributed by atoms with Gasteiger partial charge in [-0.1, -0.05) is 121 Å². The molecule has 0 saturated carbocycles. The quantitative estimate of drug-likeness (QED) is 0.179. The maximum atomic E-state index is 5.08. The SMILES string of the molecule is c1ccc(-c2nc(-c3ccccc3)nc(-c3ccc(-c4ccc5ccc(-c6ccc7ccc(-c8ncccn8)nc7c6)cc5n4)cc3)n2)cc1. The van der Waals surface area contributed by atoms with Crippen LogP contribution in [0.5, 0.6) is 0 Å². The summed E-state index contributed by atoms with van der Waals surface area (Å²) >= 11 is 0. The second-order valence-corrected chi connectivity index (χ2v) is 11.9. The maximum absolute atomic E-state index is 5.08. The predicted molar refractivity (Wildman–Crippen MR) is 199 cm³/mol. The van der Waals surface area contributed by atoms with Gasteiger partial charge in [0, 0.05) is 45.4 Å². The Bertz CT molecular complexity index is 2570. The maximum Gasteiger partial charge on any atom is 0.178 e. The van der Waals surface area contributed by atoms with E-state index in [-0.39, 0.29) is 0 Å². The molecule has 234 valence electrons. The third kappa shape index (κ3) is 5.73. The first kappa shape index (κ1) is 29.2. The Hall–Kier alpha value is -6.99. The molecule has 0 unspecified atom stereocenters. The normalized spacial score (nSPS) is 11.2. The average molecular weight is 642 g/mol. The molecule has 0 saturated heterocycles. The largest absolute Gasteiger partial charge is 0.248 e. The first-order valence-corrected chi connectivity index (χ1v) is 16.3. The summed E-state index contributed by atoms with van der Waals surface area (Å²) in [7, 11) is 0. The fourth-order valence-electron chi connectivity index (χ4n) is 6.04. The highest BCUT2D eigenvalue weighted by Gasteiger charge is 2.13. The van der Waals surface area contributed by atoms with Crippen LogP contribution in [0.15, 0.2) is 164 Å². The van der Waals surface area contributed by atoms with Crippen LogP contribution in [0.3, 0.4) is 0 Å². The van der Waals surface area contributed by atoms with E-state index >= 15 is 0 Å². The smallest absolute Gasteiger partial charge is 0.178 e. The molecule has 0 radical (unpaired) electrons. The number of rotatable bonds is 6. The van der Waals surface area contributed by atoms with Gasteiger partial charge in [0.1, 0.15) is 5.69 Å². The van der Waals surface area contributed by atoms with E-state index < -0.39 is 0 Å². The van der Waals surface area contributed by atoms with Crippen LogP contribution in [0.2, 0.25) is 0 Å². The van der Waals surface area contributed by atoms with Crippen LogP contribution in [-0.2, 0) is 0 Å². The number of pyridine rings is 2. The Morgan fingerprint density at radius 1 is 0.280 bits per heavy atom. The number of benzene rings is 5. The van der Waals surface area contributed by atoms with Crippen molar-refractivity contribution in [1.82, 2.24) is 34.9 Å². The fourth-order valence-corrected chi connectivity index (χ4v) is 6.04. The summed E-state index contributed by atoms with van der Waals surface area (Å²) in [6.07, 6.45) is 3.46. The molecule has 7 heteroatoms. The van der Waals surface area contributed by atoms with Crippen LogP contribution in [-0.4, -0.2) is 34.9 Å². The monoisotopic (exact) mass is 641 g/mol. The van der Waals surface area contributed by atoms with Gasteiger partial charge >= 0.3 is 0 Å². The summed E-state index contributed by atoms with van der Waals surface area (Å²) in [5.41, 5.74) is 9.37. The van der Waals surface area contributed by atoms with E-state index in [2.05, 4.69) is 76.7 Å². The van der Waals surface area contributed by atoms with Gasteiger partial charge in [-0.25, -0.2) is 34.9 Å². The van der Waals surface area contributed by atoms with E-state index in [0.29, 0.717) is 23.3 Å². The third-order valence-corrected chi connectivity index (χ3v) is 8.65. The summed E-state index contributed by atoms with van der Waals surface area (Å²) in [6.45, 7) is 0. The lowest BCUT2D eigenvalue weighted by atomic mass is 10.0. The van der Waals surface area contributed by atoms with E-state index in [1.807, 2.05) is 78.9 Å². The summed E-state index contributed by atoms with van der Waals surface area (Å²) in [5, 5.41) is 2.13. The molecular weight excluding hydrogens is 615 g/mol. The van der Waals surface area contributed by atoms with Gasteiger partial charge in [0.2, 0.25) is 0 Å². The minimum Gasteiger partial charge on any atom is -0.248 e. The van der Waals surface area contributed by atoms with Crippen molar-refractivity contribution in [3.8, 4) is 68.1 Å². The summed E-state index contributed by atoms with van der Waals surface area (Å²) < 4.78 is 0. The molecule has 4 aromatic heterocycles. The van der Waals surface area contributed by atoms with E-state index in [1.165, 1.54) is 0 Å². The number of nitrogens with zero attached hydrogens (tertiary/aromatic N) is 7. The van der Waals surface area contributed by atoms with Crippen LogP contribution in [0, 0.1) is 0 Å². The van der Waals surface area contributed by atoms with Crippen LogP contribution >= 0.6 is 0 Å². The van der Waals surface area contributed by atoms with Crippen molar-refractivity contribution in [3.05, 3.63) is 164 Å². The van der Waals surface area contributed by atoms with Crippen LogP contribution in [0.4, 0.5) is 0 Å². The highest BCUT2D eigenvalue weighted by molar-refractivity contribution is 5.90. The Morgan fingerprint density at radius 2 is 0.700 bits per heavy atom. The van der Waals surface area contributed by atoms with E-state index in [1.54, 1.807) is 18.5 Å². The molecule has 0 amide bonds. The zero-order chi connectivity index (χ0) is 33.3. The molecule has 0 aliphatic carbocycles. The van der Waals surface area contributed by atoms with Gasteiger partial charge in [0.05, 0.1) is 16.7 Å². The molecule has 4 heterocycles. The van der Waals surface area contributed by atoms with Gasteiger partial charge in [0.25, 0.3) is 0 Å². The molecular formula is C43H27N7. The first-order valence-electron chi connectivity index (χ1n) is 16.3. The van der Waals surface area contributed by atoms with Crippen molar-refractivity contribution >= 4 is 21.8 Å². The number of aromatic nitrogens is 7. The van der Waals surface area contributed by atoms with E-state index in [9.17, 15) is 0 Å². The highest BCUT2D eigenvalue weighted by Crippen LogP contribution is 2.30. The minimum absolute atomic E-state index is 0.609. The summed E-state index contributed by atoms with van der Waals surface area (Å²) in [6, 6.07) is 51.0. The first-order chi connectivity index (χ1) is 24.7. The number of hydrogen-bond donors (Lipinski definition) is 0. The van der Waals surface area contributed by atoms with Gasteiger partial charge in [-0.3, -0.25) is 0 Å². The molecule has 0 fully saturated rings. The molecule has 0 N–H and O–H groups in total. The molecule has 0 spiro atoms. The third-order valence-electron chi connectivity index (χ3n) is 8.65. The van der Waals surface area contributed by atoms with Crippen molar-refractivity contribution in [1.29, 1.82) is 0 Å². The lowest BCUT2D eigenvalue weighted by Gasteiger charge is -2.10. The van der Waals surface area contributed by atoms with E-state index in [4.69, 9.17) is 24.9 Å². The van der Waals surface area contributed by atoms with Gasteiger partial charge in [-0.2, -0.15) is 0 Å². The second kappa shape index (κ2) is 12.6. The molecule has 0 atom stereocenters. The van der Waals surface area contributed by atoms with Gasteiger partial charge in [0.15, 0.2) is 23.3 Å². The standard InChI is InChI=1S/C43H27N7/c1-3-8-31(9-4-1)40-48-41(32-10-5-2-6-11-32)50-42(49-40)33-16-12-28(13-17-33)36-22-20-29-14-18-34(26-38(29)46-36)35-19-15-30-21-23-37(47-39(30)27-35)43-44-24-7-25-45-43/h1-27H. The predicted octanol–water partition coefficient (Wildman–Crippen LogP) is 9.76. The fraction of sp³-hybridized carbons (Fsp3) is 0. The van der Waals surface area contributed by atoms with Gasteiger partial charge in [-0.15, -0.1) is 0 Å². The Balaban J connectivity index is 1.04. The highest BCUT2D eigenvalue weighted by atomic mass is 15.0. The number of hydrogen-bond acceptors (Lipinski definition) is 7. The Morgan fingerprint density at radius 3 is 1.24 bits per heavy atom. The molecule has 9 aromatic rings. The zero-order valence-electron chi connectivity index (χ0n) is 26.7. The molecule has 7 nitrogen and oxygen atoms in total. The molecule has 9 rings (SSSR count). The van der Waals surface area contributed by atoms with E-state index in [0.717, 1.165) is 66.6 Å². The van der Waals surface area contributed by atoms with Crippen LogP contribution < -0.4 is 0 Å². The number of fused-ring (bicyclic) bond motifs is 2. The average Bonchev–Trinajstić information content (AvgIpc) is 3.21. The summed E-state index contributed by atoms with van der Waals surface area (Å²) in [5.74, 6) is 2.50. The van der Waals surface area contributed by atoms with Crippen LogP contribution in [0.1, 0.15) is 0 Å². The van der Waals surface area contributed by atoms with Gasteiger partial charge in [-0.05, 0) is 41.5 Å². The van der Waals surface area contributed by atoms with Crippen LogP contribution in [0.25, 0.3) is 89.9 Å². The molecule has 5 aromatic carbocycles. The summed E-state index contributed by atoms with van der Waals surface area (Å²) in [4.78, 5) is 33.2. The van der Waals surface area contributed by atoms with Crippen molar-refractivity contribution in [2.45, 2.75) is 0 Å². The lowest BCUT2D eigenvalue weighted by Crippen LogP contribution is -2.00. The zero-order valence-corrected chi connectivity index (χ0v) is 26.7. The van der Waals surface area contributed by atoms with Crippen molar-refractivity contribution in [3.63, 3.8) is 0 Å². The minimum atomic E-state index is 0.609. The second-order valence-electron chi connectivity index (χ2n) is 11.9. The topological polar surface area (TPSA) is 90.2 Å². The Kier molecular flexibility index (Phi) is 7.33. The molecule has 0 aliphatic heterocycles. The lowest BCUT2D eigenvalue weighted by molar-refractivity contribution is 1.07. The Labute approximate surface area is 288 Å². The molecule has 0 aliphatic rings. The molecule has 0 bridgehead atoms. The molecule has 50 heavy (non-hydrogen) atoms. The van der Waals surface area contributed by atoms with Crippen molar-refractivity contribution in [2.75, 3.05) is 0 Å².